The van der Waals surface area contributed by atoms with E-state index >= 15 is 0 Å². The number of nitrogens with zero attached hydrogens (tertiary/aromatic N) is 3. The third-order valence-corrected chi connectivity index (χ3v) is 8.41. The zero-order valence-corrected chi connectivity index (χ0v) is 19.6. The molecule has 1 atom stereocenters. The minimum atomic E-state index is -0.673. The summed E-state index contributed by atoms with van der Waals surface area (Å²) in [4.78, 5) is 39.3. The highest BCUT2D eigenvalue weighted by atomic mass is 32.2. The Labute approximate surface area is 202 Å². The van der Waals surface area contributed by atoms with Crippen LogP contribution in [0.1, 0.15) is 17.2 Å². The molecule has 0 bridgehead atoms. The average molecular weight is 496 g/mol. The van der Waals surface area contributed by atoms with Crippen LogP contribution in [0.3, 0.4) is 0 Å². The Balaban J connectivity index is 1.48. The van der Waals surface area contributed by atoms with Crippen LogP contribution in [0, 0.1) is 0 Å². The number of hydrogen-bond donors (Lipinski definition) is 0. The summed E-state index contributed by atoms with van der Waals surface area (Å²) in [6.45, 7) is 0. The van der Waals surface area contributed by atoms with Crippen molar-refractivity contribution >= 4 is 52.5 Å². The Morgan fingerprint density at radius 2 is 1.76 bits per heavy atom. The molecule has 2 aliphatic heterocycles. The lowest BCUT2D eigenvalue weighted by molar-refractivity contribution is -0.158. The Bertz CT molecular complexity index is 1180. The molecule has 7 nitrogen and oxygen atoms in total. The Morgan fingerprint density at radius 1 is 1.09 bits per heavy atom. The number of hydrogen-bond acceptors (Lipinski definition) is 9. The fourth-order valence-electron chi connectivity index (χ4n) is 3.64. The van der Waals surface area contributed by atoms with Crippen molar-refractivity contribution in [3.05, 3.63) is 88.6 Å². The van der Waals surface area contributed by atoms with Crippen molar-refractivity contribution in [2.75, 3.05) is 11.5 Å². The van der Waals surface area contributed by atoms with Gasteiger partial charge in [-0.1, -0.05) is 83.8 Å². The Kier molecular flexibility index (Phi) is 6.30. The smallest absolute Gasteiger partial charge is 0.356 e. The van der Waals surface area contributed by atoms with Crippen LogP contribution in [0.2, 0.25) is 0 Å². The van der Waals surface area contributed by atoms with Crippen LogP contribution in [0.5, 0.6) is 0 Å². The van der Waals surface area contributed by atoms with Gasteiger partial charge in [-0.3, -0.25) is 14.5 Å². The summed E-state index contributed by atoms with van der Waals surface area (Å²) in [5.74, 6) is -0.875. The number of benzene rings is 2. The van der Waals surface area contributed by atoms with Gasteiger partial charge in [0.1, 0.15) is 11.2 Å². The number of esters is 1. The first-order chi connectivity index (χ1) is 16.1. The van der Waals surface area contributed by atoms with Crippen molar-refractivity contribution in [2.24, 2.45) is 0 Å². The van der Waals surface area contributed by atoms with E-state index in [1.807, 2.05) is 60.7 Å². The lowest BCUT2D eigenvalue weighted by atomic mass is 10.0. The molecule has 0 radical (unpaired) electrons. The number of thioether (sulfide) groups is 2. The number of fused-ring (bicyclic) bond motifs is 1. The van der Waals surface area contributed by atoms with Gasteiger partial charge in [-0.15, -0.1) is 22.0 Å². The summed E-state index contributed by atoms with van der Waals surface area (Å²) in [6.07, 6.45) is -0.649. The highest BCUT2D eigenvalue weighted by molar-refractivity contribution is 8.02. The van der Waals surface area contributed by atoms with Gasteiger partial charge in [-0.2, -0.15) is 0 Å². The molecule has 0 N–H and O–H groups in total. The first-order valence-electron chi connectivity index (χ1n) is 10.0. The van der Waals surface area contributed by atoms with Gasteiger partial charge in [0, 0.05) is 11.5 Å². The zero-order chi connectivity index (χ0) is 22.8. The Morgan fingerprint density at radius 3 is 2.36 bits per heavy atom. The number of carbonyl (C=O) groups excluding carboxylic acids is 3. The number of ether oxygens (including phenoxy) is 1. The maximum atomic E-state index is 13.5. The van der Waals surface area contributed by atoms with Crippen molar-refractivity contribution in [2.45, 2.75) is 15.8 Å². The molecule has 33 heavy (non-hydrogen) atoms. The summed E-state index contributed by atoms with van der Waals surface area (Å²) in [6, 6.07) is 18.9. The van der Waals surface area contributed by atoms with Crippen LogP contribution < -0.4 is 0 Å². The molecule has 166 valence electrons. The predicted molar refractivity (Wildman–Crippen MR) is 127 cm³/mol. The number of Topliss-reactive ketones (excluding diaryl/α,β-unsaturated/α-hetero) is 1. The fourth-order valence-corrected chi connectivity index (χ4v) is 6.47. The van der Waals surface area contributed by atoms with Crippen LogP contribution in [0.4, 0.5) is 0 Å². The maximum absolute atomic E-state index is 13.5. The monoisotopic (exact) mass is 495 g/mol. The van der Waals surface area contributed by atoms with E-state index in [-0.39, 0.29) is 5.70 Å². The SMILES string of the molecule is O=C(OC(c1ccccc1)c1ccccc1)C1=C(CSc2nncs2)CS[C@H]2C(=O)C(=O)N12. The number of carbonyl (C=O) groups is 3. The lowest BCUT2D eigenvalue weighted by Gasteiger charge is -2.42. The molecule has 3 aromatic rings. The van der Waals surface area contributed by atoms with Gasteiger partial charge >= 0.3 is 5.97 Å². The summed E-state index contributed by atoms with van der Waals surface area (Å²) in [7, 11) is 0. The third kappa shape index (κ3) is 4.33. The normalized spacial score (nSPS) is 17.7. The standard InChI is InChI=1S/C23H17N3O4S3/c27-18-20(28)26-17(16(11-31-21(18)26)12-32-23-25-24-13-33-23)22(29)30-19(14-7-3-1-4-8-14)15-9-5-2-6-10-15/h1-10,13,19,21H,11-12H2/t21-/m0/s1. The maximum Gasteiger partial charge on any atom is 0.356 e. The minimum absolute atomic E-state index is 0.164. The molecule has 1 amide bonds. The second-order valence-electron chi connectivity index (χ2n) is 7.25. The van der Waals surface area contributed by atoms with Crippen molar-refractivity contribution in [3.8, 4) is 0 Å². The molecule has 0 unspecified atom stereocenters. The molecule has 2 aliphatic rings. The zero-order valence-electron chi connectivity index (χ0n) is 17.1. The fraction of sp³-hybridized carbons (Fsp3) is 0.174. The van der Waals surface area contributed by atoms with Gasteiger partial charge in [0.15, 0.2) is 15.8 Å². The molecule has 2 aromatic carbocycles. The summed E-state index contributed by atoms with van der Waals surface area (Å²) in [5.41, 5.74) is 4.17. The quantitative estimate of drug-likeness (QED) is 0.212. The summed E-state index contributed by atoms with van der Waals surface area (Å²) in [5, 5.41) is 7.19. The summed E-state index contributed by atoms with van der Waals surface area (Å²) >= 11 is 4.19. The van der Waals surface area contributed by atoms with Gasteiger partial charge in [-0.05, 0) is 16.7 Å². The number of amides is 1. The van der Waals surface area contributed by atoms with Crippen molar-refractivity contribution in [1.82, 2.24) is 15.1 Å². The molecule has 0 saturated carbocycles. The number of ketones is 1. The van der Waals surface area contributed by atoms with Crippen LogP contribution in [0.25, 0.3) is 0 Å². The predicted octanol–water partition coefficient (Wildman–Crippen LogP) is 3.70. The van der Waals surface area contributed by atoms with Gasteiger partial charge in [0.2, 0.25) is 0 Å². The number of rotatable bonds is 7. The molecule has 5 rings (SSSR count). The average Bonchev–Trinajstić information content (AvgIpc) is 3.39. The largest absolute Gasteiger partial charge is 0.448 e. The van der Waals surface area contributed by atoms with E-state index in [4.69, 9.17) is 4.74 Å². The third-order valence-electron chi connectivity index (χ3n) is 5.21. The van der Waals surface area contributed by atoms with Crippen molar-refractivity contribution in [1.29, 1.82) is 0 Å². The van der Waals surface area contributed by atoms with E-state index in [9.17, 15) is 14.4 Å². The second kappa shape index (κ2) is 9.50. The topological polar surface area (TPSA) is 89.5 Å². The van der Waals surface area contributed by atoms with E-state index in [1.54, 1.807) is 5.51 Å². The van der Waals surface area contributed by atoms with Gasteiger partial charge in [-0.25, -0.2) is 4.79 Å². The minimum Gasteiger partial charge on any atom is -0.448 e. The van der Waals surface area contributed by atoms with E-state index < -0.39 is 29.1 Å². The van der Waals surface area contributed by atoms with Gasteiger partial charge in [0.25, 0.3) is 11.7 Å². The second-order valence-corrected chi connectivity index (χ2v) is 10.4. The molecular formula is C23H17N3O4S3. The molecule has 3 heterocycles. The first kappa shape index (κ1) is 21.9. The van der Waals surface area contributed by atoms with Crippen LogP contribution in [-0.2, 0) is 19.1 Å². The molecule has 0 aliphatic carbocycles. The van der Waals surface area contributed by atoms with Crippen LogP contribution in [0.15, 0.2) is 81.8 Å². The molecular weight excluding hydrogens is 478 g/mol. The highest BCUT2D eigenvalue weighted by Crippen LogP contribution is 2.41. The van der Waals surface area contributed by atoms with E-state index in [0.717, 1.165) is 21.0 Å². The molecule has 1 fully saturated rings. The molecule has 1 aromatic heterocycles. The lowest BCUT2D eigenvalue weighted by Crippen LogP contribution is -2.62. The van der Waals surface area contributed by atoms with Crippen LogP contribution >= 0.6 is 34.9 Å². The number of β-lactam (4-membered cyclic amide) rings is 1. The number of aromatic nitrogens is 2. The van der Waals surface area contributed by atoms with E-state index in [0.29, 0.717) is 11.5 Å². The molecule has 10 heteroatoms. The van der Waals surface area contributed by atoms with Crippen molar-refractivity contribution in [3.63, 3.8) is 0 Å². The Hall–Kier alpha value is -2.95. The summed E-state index contributed by atoms with van der Waals surface area (Å²) < 4.78 is 6.78. The molecule has 0 spiro atoms. The van der Waals surface area contributed by atoms with E-state index in [2.05, 4.69) is 10.2 Å². The van der Waals surface area contributed by atoms with Gasteiger partial charge < -0.3 is 4.74 Å². The first-order valence-corrected chi connectivity index (χ1v) is 13.0. The van der Waals surface area contributed by atoms with E-state index in [1.165, 1.54) is 39.8 Å². The van der Waals surface area contributed by atoms with Gasteiger partial charge in [0.05, 0.1) is 0 Å². The van der Waals surface area contributed by atoms with Crippen LogP contribution in [-0.4, -0.2) is 49.6 Å². The van der Waals surface area contributed by atoms with Crippen molar-refractivity contribution < 1.29 is 19.1 Å². The molecule has 1 saturated heterocycles. The highest BCUT2D eigenvalue weighted by Gasteiger charge is 2.53.